The SMILES string of the molecule is CCO[C@H]1OC(C(=O)N(C)C2CCCCC2)=C[C@@H](c2ccccc2)[C@@H]1CCOCCOCCO. The van der Waals surface area contributed by atoms with Gasteiger partial charge in [0.05, 0.1) is 26.4 Å². The van der Waals surface area contributed by atoms with Gasteiger partial charge in [0.25, 0.3) is 5.91 Å². The smallest absolute Gasteiger partial charge is 0.288 e. The summed E-state index contributed by atoms with van der Waals surface area (Å²) in [4.78, 5) is 15.3. The molecule has 7 nitrogen and oxygen atoms in total. The van der Waals surface area contributed by atoms with Crippen molar-refractivity contribution in [1.29, 1.82) is 0 Å². The minimum atomic E-state index is -0.520. The average molecular weight is 476 g/mol. The predicted octanol–water partition coefficient (Wildman–Crippen LogP) is 3.87. The number of aliphatic hydroxyl groups excluding tert-OH is 1. The van der Waals surface area contributed by atoms with E-state index in [1.165, 1.54) is 19.3 Å². The average Bonchev–Trinajstić information content (AvgIpc) is 2.89. The molecule has 190 valence electrons. The van der Waals surface area contributed by atoms with Crippen molar-refractivity contribution < 1.29 is 28.8 Å². The number of allylic oxidation sites excluding steroid dienone is 1. The van der Waals surface area contributed by atoms with Gasteiger partial charge in [0.15, 0.2) is 5.76 Å². The molecule has 1 N–H and O–H groups in total. The van der Waals surface area contributed by atoms with Crippen LogP contribution in [0.2, 0.25) is 0 Å². The fourth-order valence-corrected chi connectivity index (χ4v) is 4.90. The normalized spacial score (nSPS) is 23.3. The summed E-state index contributed by atoms with van der Waals surface area (Å²) in [6.07, 6.45) is 7.88. The first-order chi connectivity index (χ1) is 16.7. The highest BCUT2D eigenvalue weighted by Gasteiger charge is 2.39. The van der Waals surface area contributed by atoms with Gasteiger partial charge in [-0.05, 0) is 37.8 Å². The molecule has 7 heteroatoms. The third-order valence-electron chi connectivity index (χ3n) is 6.76. The van der Waals surface area contributed by atoms with Crippen LogP contribution in [0.5, 0.6) is 0 Å². The standard InChI is InChI=1S/C27H41NO6/c1-3-33-27-23(14-16-31-18-19-32-17-15-29)24(21-10-6-4-7-11-21)20-25(34-27)26(30)28(2)22-12-8-5-9-13-22/h4,6-7,10-11,20,22-24,27,29H,3,5,8-9,12-19H2,1-2H3/t23-,24-,27-/m0/s1. The van der Waals surface area contributed by atoms with E-state index in [9.17, 15) is 4.79 Å². The van der Waals surface area contributed by atoms with Gasteiger partial charge in [0.2, 0.25) is 6.29 Å². The van der Waals surface area contributed by atoms with E-state index in [0.29, 0.717) is 38.8 Å². The number of carbonyl (C=O) groups excluding carboxylic acids is 1. The van der Waals surface area contributed by atoms with Gasteiger partial charge in [0.1, 0.15) is 0 Å². The highest BCUT2D eigenvalue weighted by molar-refractivity contribution is 5.91. The van der Waals surface area contributed by atoms with Crippen molar-refractivity contribution in [3.63, 3.8) is 0 Å². The molecule has 1 heterocycles. The number of aliphatic hydroxyl groups is 1. The molecule has 0 radical (unpaired) electrons. The van der Waals surface area contributed by atoms with Gasteiger partial charge in [-0.25, -0.2) is 0 Å². The Morgan fingerprint density at radius 1 is 1.06 bits per heavy atom. The third-order valence-corrected chi connectivity index (χ3v) is 6.76. The second-order valence-electron chi connectivity index (χ2n) is 9.02. The lowest BCUT2D eigenvalue weighted by Gasteiger charge is -2.39. The summed E-state index contributed by atoms with van der Waals surface area (Å²) in [6.45, 7) is 4.22. The fourth-order valence-electron chi connectivity index (χ4n) is 4.90. The molecule has 1 aromatic rings. The van der Waals surface area contributed by atoms with Crippen LogP contribution < -0.4 is 0 Å². The molecule has 0 saturated heterocycles. The maximum absolute atomic E-state index is 13.4. The van der Waals surface area contributed by atoms with Crippen LogP contribution in [0, 0.1) is 5.92 Å². The summed E-state index contributed by atoms with van der Waals surface area (Å²) >= 11 is 0. The van der Waals surface area contributed by atoms with Gasteiger partial charge in [-0.1, -0.05) is 49.6 Å². The number of carbonyl (C=O) groups is 1. The number of ether oxygens (including phenoxy) is 4. The van der Waals surface area contributed by atoms with Gasteiger partial charge in [-0.2, -0.15) is 0 Å². The Kier molecular flexibility index (Phi) is 11.3. The molecule has 3 atom stereocenters. The molecule has 0 spiro atoms. The Morgan fingerprint density at radius 3 is 2.44 bits per heavy atom. The maximum atomic E-state index is 13.4. The molecule has 1 aliphatic heterocycles. The summed E-state index contributed by atoms with van der Waals surface area (Å²) in [5, 5.41) is 8.80. The van der Waals surface area contributed by atoms with E-state index in [4.69, 9.17) is 24.1 Å². The zero-order valence-corrected chi connectivity index (χ0v) is 20.7. The Morgan fingerprint density at radius 2 is 1.76 bits per heavy atom. The van der Waals surface area contributed by atoms with Crippen LogP contribution in [0.3, 0.4) is 0 Å². The van der Waals surface area contributed by atoms with Crippen LogP contribution in [0.4, 0.5) is 0 Å². The Bertz CT molecular complexity index is 749. The predicted molar refractivity (Wildman–Crippen MR) is 130 cm³/mol. The van der Waals surface area contributed by atoms with Crippen LogP contribution in [0.25, 0.3) is 0 Å². The molecule has 1 fully saturated rings. The van der Waals surface area contributed by atoms with Crippen molar-refractivity contribution in [2.24, 2.45) is 5.92 Å². The molecule has 1 amide bonds. The number of rotatable bonds is 13. The van der Waals surface area contributed by atoms with Gasteiger partial charge < -0.3 is 29.0 Å². The van der Waals surface area contributed by atoms with Crippen molar-refractivity contribution in [3.8, 4) is 0 Å². The summed E-state index contributed by atoms with van der Waals surface area (Å²) in [6, 6.07) is 10.5. The molecule has 1 aromatic carbocycles. The minimum Gasteiger partial charge on any atom is -0.459 e. The molecular weight excluding hydrogens is 434 g/mol. The van der Waals surface area contributed by atoms with Crippen LogP contribution in [-0.4, -0.2) is 74.9 Å². The number of hydrogen-bond acceptors (Lipinski definition) is 6. The molecule has 1 saturated carbocycles. The van der Waals surface area contributed by atoms with E-state index in [0.717, 1.165) is 24.8 Å². The van der Waals surface area contributed by atoms with E-state index >= 15 is 0 Å². The Labute approximate surface area is 204 Å². The second kappa shape index (κ2) is 14.5. The summed E-state index contributed by atoms with van der Waals surface area (Å²) < 4.78 is 23.3. The summed E-state index contributed by atoms with van der Waals surface area (Å²) in [5.74, 6) is 0.319. The van der Waals surface area contributed by atoms with E-state index in [1.54, 1.807) is 0 Å². The van der Waals surface area contributed by atoms with Crippen molar-refractivity contribution in [1.82, 2.24) is 4.90 Å². The number of likely N-dealkylation sites (N-methyl/N-ethyl adjacent to an activating group) is 1. The van der Waals surface area contributed by atoms with Crippen molar-refractivity contribution in [3.05, 3.63) is 47.7 Å². The molecule has 0 aromatic heterocycles. The van der Waals surface area contributed by atoms with Crippen LogP contribution in [0.15, 0.2) is 42.2 Å². The van der Waals surface area contributed by atoms with Gasteiger partial charge >= 0.3 is 0 Å². The molecule has 1 aliphatic carbocycles. The highest BCUT2D eigenvalue weighted by atomic mass is 16.7. The van der Waals surface area contributed by atoms with Gasteiger partial charge in [-0.15, -0.1) is 0 Å². The van der Waals surface area contributed by atoms with E-state index < -0.39 is 6.29 Å². The zero-order valence-electron chi connectivity index (χ0n) is 20.7. The lowest BCUT2D eigenvalue weighted by atomic mass is 9.81. The summed E-state index contributed by atoms with van der Waals surface area (Å²) in [5.41, 5.74) is 1.14. The molecular formula is C27H41NO6. The number of nitrogens with zero attached hydrogens (tertiary/aromatic N) is 1. The van der Waals surface area contributed by atoms with E-state index in [1.807, 2.05) is 43.1 Å². The topological polar surface area (TPSA) is 77.5 Å². The molecule has 3 rings (SSSR count). The number of hydrogen-bond donors (Lipinski definition) is 1. The Balaban J connectivity index is 1.74. The van der Waals surface area contributed by atoms with E-state index in [2.05, 4.69) is 12.1 Å². The Hall–Kier alpha value is -1.93. The van der Waals surface area contributed by atoms with Crippen molar-refractivity contribution in [2.45, 2.75) is 63.7 Å². The molecule has 34 heavy (non-hydrogen) atoms. The number of benzene rings is 1. The zero-order chi connectivity index (χ0) is 24.2. The number of amides is 1. The van der Waals surface area contributed by atoms with Crippen molar-refractivity contribution >= 4 is 5.91 Å². The summed E-state index contributed by atoms with van der Waals surface area (Å²) in [7, 11) is 1.90. The van der Waals surface area contributed by atoms with Crippen LogP contribution in [0.1, 0.15) is 56.9 Å². The largest absolute Gasteiger partial charge is 0.459 e. The van der Waals surface area contributed by atoms with Gasteiger partial charge in [0, 0.05) is 38.1 Å². The quantitative estimate of drug-likeness (QED) is 0.437. The van der Waals surface area contributed by atoms with Crippen molar-refractivity contribution in [2.75, 3.05) is 46.7 Å². The van der Waals surface area contributed by atoms with Crippen LogP contribution in [-0.2, 0) is 23.7 Å². The monoisotopic (exact) mass is 475 g/mol. The molecule has 0 unspecified atom stereocenters. The minimum absolute atomic E-state index is 0.0113. The van der Waals surface area contributed by atoms with Gasteiger partial charge in [-0.3, -0.25) is 4.79 Å². The lowest BCUT2D eigenvalue weighted by molar-refractivity contribution is -0.172. The fraction of sp³-hybridized carbons (Fsp3) is 0.667. The third kappa shape index (κ3) is 7.54. The first kappa shape index (κ1) is 26.7. The second-order valence-corrected chi connectivity index (χ2v) is 9.02. The maximum Gasteiger partial charge on any atom is 0.288 e. The molecule has 2 aliphatic rings. The first-order valence-electron chi connectivity index (χ1n) is 12.7. The van der Waals surface area contributed by atoms with Crippen LogP contribution >= 0.6 is 0 Å². The highest BCUT2D eigenvalue weighted by Crippen LogP contribution is 2.39. The lowest BCUT2D eigenvalue weighted by Crippen LogP contribution is -2.43. The first-order valence-corrected chi connectivity index (χ1v) is 12.7. The molecule has 0 bridgehead atoms. The van der Waals surface area contributed by atoms with E-state index in [-0.39, 0.29) is 30.4 Å².